The van der Waals surface area contributed by atoms with Crippen molar-refractivity contribution in [3.05, 3.63) is 30.1 Å². The summed E-state index contributed by atoms with van der Waals surface area (Å²) in [7, 11) is -3.18. The van der Waals surface area contributed by atoms with Crippen molar-refractivity contribution < 1.29 is 13.2 Å². The lowest BCUT2D eigenvalue weighted by Crippen LogP contribution is -2.63. The molecule has 6 nitrogen and oxygen atoms in total. The van der Waals surface area contributed by atoms with Crippen LogP contribution < -0.4 is 0 Å². The molecule has 3 rings (SSSR count). The predicted molar refractivity (Wildman–Crippen MR) is 83.8 cm³/mol. The molecule has 2 fully saturated rings. The summed E-state index contributed by atoms with van der Waals surface area (Å²) in [6.07, 6.45) is 6.55. The van der Waals surface area contributed by atoms with Crippen LogP contribution in [0.5, 0.6) is 0 Å². The molecule has 1 aromatic heterocycles. The largest absolute Gasteiger partial charge is 0.381 e. The summed E-state index contributed by atoms with van der Waals surface area (Å²) >= 11 is 0. The monoisotopic (exact) mass is 325 g/mol. The highest BCUT2D eigenvalue weighted by molar-refractivity contribution is 7.88. The lowest BCUT2D eigenvalue weighted by Gasteiger charge is -2.47. The molecule has 0 spiro atoms. The Bertz CT molecular complexity index is 581. The second kappa shape index (κ2) is 6.62. The van der Waals surface area contributed by atoms with E-state index in [9.17, 15) is 8.42 Å². The van der Waals surface area contributed by atoms with Crippen LogP contribution in [0.4, 0.5) is 0 Å². The molecule has 0 aliphatic carbocycles. The fourth-order valence-corrected chi connectivity index (χ4v) is 4.79. The highest BCUT2D eigenvalue weighted by Crippen LogP contribution is 2.26. The Morgan fingerprint density at radius 3 is 2.64 bits per heavy atom. The van der Waals surface area contributed by atoms with E-state index >= 15 is 0 Å². The van der Waals surface area contributed by atoms with Crippen molar-refractivity contribution in [3.63, 3.8) is 0 Å². The third-order valence-electron chi connectivity index (χ3n) is 4.36. The molecule has 1 aromatic rings. The van der Waals surface area contributed by atoms with Gasteiger partial charge in [-0.2, -0.15) is 4.31 Å². The molecule has 7 heteroatoms. The van der Waals surface area contributed by atoms with Crippen LogP contribution >= 0.6 is 0 Å². The molecule has 0 unspecified atom stereocenters. The molecule has 0 radical (unpaired) electrons. The van der Waals surface area contributed by atoms with Crippen molar-refractivity contribution in [1.29, 1.82) is 0 Å². The molecule has 0 aromatic carbocycles. The van der Waals surface area contributed by atoms with Gasteiger partial charge in [0, 0.05) is 51.3 Å². The number of sulfonamides is 1. The molecular weight excluding hydrogens is 302 g/mol. The maximum absolute atomic E-state index is 12.2. The molecule has 122 valence electrons. The molecular formula is C15H23N3O3S. The minimum Gasteiger partial charge on any atom is -0.381 e. The number of pyridine rings is 1. The zero-order valence-electron chi connectivity index (χ0n) is 12.9. The molecule has 0 saturated carbocycles. The molecule has 0 atom stereocenters. The molecule has 2 aliphatic heterocycles. The van der Waals surface area contributed by atoms with Crippen LogP contribution in [0.2, 0.25) is 0 Å². The maximum atomic E-state index is 12.2. The minimum atomic E-state index is -3.18. The van der Waals surface area contributed by atoms with Gasteiger partial charge in [-0.15, -0.1) is 0 Å². The molecule has 0 bridgehead atoms. The fourth-order valence-electron chi connectivity index (χ4n) is 3.36. The number of hydrogen-bond donors (Lipinski definition) is 0. The minimum absolute atomic E-state index is 0.0919. The van der Waals surface area contributed by atoms with Gasteiger partial charge in [-0.3, -0.25) is 9.88 Å². The first kappa shape index (κ1) is 15.9. The summed E-state index contributed by atoms with van der Waals surface area (Å²) in [5.74, 6) is 0. The summed E-state index contributed by atoms with van der Waals surface area (Å²) < 4.78 is 31.5. The van der Waals surface area contributed by atoms with E-state index in [0.717, 1.165) is 38.0 Å². The number of ether oxygens (including phenoxy) is 1. The molecule has 2 saturated heterocycles. The average Bonchev–Trinajstić information content (AvgIpc) is 2.46. The highest BCUT2D eigenvalue weighted by atomic mass is 32.2. The van der Waals surface area contributed by atoms with E-state index in [-0.39, 0.29) is 12.1 Å². The van der Waals surface area contributed by atoms with Gasteiger partial charge in [-0.05, 0) is 24.5 Å². The Balaban J connectivity index is 1.60. The molecule has 0 amide bonds. The van der Waals surface area contributed by atoms with Crippen molar-refractivity contribution in [2.24, 2.45) is 0 Å². The average molecular weight is 325 g/mol. The Hall–Kier alpha value is -1.02. The lowest BCUT2D eigenvalue weighted by atomic mass is 10.0. The van der Waals surface area contributed by atoms with E-state index < -0.39 is 10.0 Å². The van der Waals surface area contributed by atoms with Crippen molar-refractivity contribution >= 4 is 10.0 Å². The summed E-state index contributed by atoms with van der Waals surface area (Å²) in [6.45, 7) is 3.72. The second-order valence-electron chi connectivity index (χ2n) is 6.15. The number of likely N-dealkylation sites (tertiary alicyclic amines) is 1. The number of rotatable bonds is 5. The van der Waals surface area contributed by atoms with Crippen molar-refractivity contribution in [2.45, 2.75) is 31.5 Å². The van der Waals surface area contributed by atoms with Crippen LogP contribution in [-0.2, 0) is 21.3 Å². The summed E-state index contributed by atoms with van der Waals surface area (Å²) in [5.41, 5.74) is 1.16. The summed E-state index contributed by atoms with van der Waals surface area (Å²) in [5, 5.41) is 0. The first-order valence-corrected chi connectivity index (χ1v) is 9.56. The third kappa shape index (κ3) is 3.65. The Morgan fingerprint density at radius 2 is 2.05 bits per heavy atom. The van der Waals surface area contributed by atoms with Gasteiger partial charge in [0.25, 0.3) is 0 Å². The fraction of sp³-hybridized carbons (Fsp3) is 0.667. The van der Waals surface area contributed by atoms with E-state index in [1.54, 1.807) is 10.5 Å². The summed E-state index contributed by atoms with van der Waals surface area (Å²) in [4.78, 5) is 6.38. The van der Waals surface area contributed by atoms with Crippen molar-refractivity contribution in [3.8, 4) is 0 Å². The van der Waals surface area contributed by atoms with Gasteiger partial charge in [0.1, 0.15) is 0 Å². The molecule has 22 heavy (non-hydrogen) atoms. The Morgan fingerprint density at radius 1 is 1.32 bits per heavy atom. The van der Waals surface area contributed by atoms with E-state index in [4.69, 9.17) is 4.74 Å². The van der Waals surface area contributed by atoms with Crippen LogP contribution in [0.15, 0.2) is 24.5 Å². The topological polar surface area (TPSA) is 62.7 Å². The molecule has 3 heterocycles. The normalized spacial score (nSPS) is 21.9. The zero-order chi connectivity index (χ0) is 15.6. The quantitative estimate of drug-likeness (QED) is 0.798. The summed E-state index contributed by atoms with van der Waals surface area (Å²) in [6, 6.07) is 4.16. The molecule has 0 N–H and O–H groups in total. The van der Waals surface area contributed by atoms with E-state index in [1.165, 1.54) is 6.26 Å². The van der Waals surface area contributed by atoms with E-state index in [2.05, 4.69) is 9.88 Å². The maximum Gasteiger partial charge on any atom is 0.211 e. The standard InChI is InChI=1S/C15H23N3O3S/c1-22(19,20)18(14-4-7-21-8-5-14)15-11-17(12-15)10-13-3-2-6-16-9-13/h2-3,6,9,14-15H,4-5,7-8,10-12H2,1H3. The van der Waals surface area contributed by atoms with Gasteiger partial charge in [0.15, 0.2) is 0 Å². The second-order valence-corrected chi connectivity index (χ2v) is 8.03. The number of aromatic nitrogens is 1. The number of nitrogens with zero attached hydrogens (tertiary/aromatic N) is 3. The van der Waals surface area contributed by atoms with E-state index in [1.807, 2.05) is 18.3 Å². The predicted octanol–water partition coefficient (Wildman–Crippen LogP) is 0.706. The van der Waals surface area contributed by atoms with Crippen LogP contribution in [0.1, 0.15) is 18.4 Å². The van der Waals surface area contributed by atoms with E-state index in [0.29, 0.717) is 13.2 Å². The Kier molecular flexibility index (Phi) is 4.77. The first-order chi connectivity index (χ1) is 10.5. The van der Waals surface area contributed by atoms with Gasteiger partial charge in [0.2, 0.25) is 10.0 Å². The van der Waals surface area contributed by atoms with Crippen molar-refractivity contribution in [1.82, 2.24) is 14.2 Å². The third-order valence-corrected chi connectivity index (χ3v) is 5.72. The smallest absolute Gasteiger partial charge is 0.211 e. The number of hydrogen-bond acceptors (Lipinski definition) is 5. The van der Waals surface area contributed by atoms with Gasteiger partial charge in [0.05, 0.1) is 12.3 Å². The lowest BCUT2D eigenvalue weighted by molar-refractivity contribution is 0.00975. The van der Waals surface area contributed by atoms with Crippen molar-refractivity contribution in [2.75, 3.05) is 32.6 Å². The van der Waals surface area contributed by atoms with Gasteiger partial charge < -0.3 is 4.74 Å². The first-order valence-electron chi connectivity index (χ1n) is 7.71. The van der Waals surface area contributed by atoms with Crippen LogP contribution in [-0.4, -0.2) is 67.2 Å². The SMILES string of the molecule is CS(=O)(=O)N(C1CCOCC1)C1CN(Cc2cccnc2)C1. The zero-order valence-corrected chi connectivity index (χ0v) is 13.7. The van der Waals surface area contributed by atoms with Gasteiger partial charge >= 0.3 is 0 Å². The molecule has 2 aliphatic rings. The van der Waals surface area contributed by atoms with Gasteiger partial charge in [-0.1, -0.05) is 6.07 Å². The Labute approximate surface area is 132 Å². The van der Waals surface area contributed by atoms with Crippen LogP contribution in [0.25, 0.3) is 0 Å². The highest BCUT2D eigenvalue weighted by Gasteiger charge is 2.40. The van der Waals surface area contributed by atoms with Gasteiger partial charge in [-0.25, -0.2) is 8.42 Å². The van der Waals surface area contributed by atoms with Crippen LogP contribution in [0, 0.1) is 0 Å². The van der Waals surface area contributed by atoms with Crippen LogP contribution in [0.3, 0.4) is 0 Å².